The topological polar surface area (TPSA) is 209 Å². The Morgan fingerprint density at radius 2 is 1.73 bits per heavy atom. The van der Waals surface area contributed by atoms with Crippen LogP contribution in [0.25, 0.3) is 38.4 Å². The minimum Gasteiger partial charge on any atom is -0.494 e. The fourth-order valence-corrected chi connectivity index (χ4v) is 6.39. The van der Waals surface area contributed by atoms with Crippen LogP contribution in [-0.4, -0.2) is 51.5 Å². The fourth-order valence-electron chi connectivity index (χ4n) is 6.39. The summed E-state index contributed by atoms with van der Waals surface area (Å²) in [4.78, 5) is 63.1. The third-order valence-corrected chi connectivity index (χ3v) is 8.79. The molecule has 2 aliphatic rings. The quantitative estimate of drug-likeness (QED) is 0.0586. The molecule has 2 heterocycles. The smallest absolute Gasteiger partial charge is 0.265 e. The van der Waals surface area contributed by atoms with Gasteiger partial charge >= 0.3 is 0 Å². The highest BCUT2D eigenvalue weighted by Gasteiger charge is 2.30. The maximum Gasteiger partial charge on any atom is 0.265 e. The maximum absolute atomic E-state index is 14.4. The Balaban J connectivity index is 1.76. The summed E-state index contributed by atoms with van der Waals surface area (Å²) < 4.78 is 8.46. The Bertz CT molecular complexity index is 2320. The Morgan fingerprint density at radius 3 is 2.35 bits per heavy atom. The van der Waals surface area contributed by atoms with Crippen molar-refractivity contribution < 1.29 is 14.6 Å². The lowest BCUT2D eigenvalue weighted by atomic mass is 9.89. The van der Waals surface area contributed by atoms with Crippen molar-refractivity contribution in [3.63, 3.8) is 0 Å². The molecule has 14 heteroatoms. The molecule has 1 aliphatic carbocycles. The number of hydrogen-bond donors (Lipinski definition) is 4. The molecule has 0 saturated carbocycles. The number of carbonyl (C=O) groups excluding carboxylic acids is 1. The van der Waals surface area contributed by atoms with Crippen LogP contribution in [-0.2, 0) is 11.3 Å². The zero-order chi connectivity index (χ0) is 37.0. The number of rotatable bonds is 14. The van der Waals surface area contributed by atoms with Crippen molar-refractivity contribution >= 4 is 39.6 Å². The molecule has 2 aromatic carbocycles. The summed E-state index contributed by atoms with van der Waals surface area (Å²) in [7, 11) is 0. The van der Waals surface area contributed by atoms with Crippen LogP contribution in [0.3, 0.4) is 0 Å². The van der Waals surface area contributed by atoms with E-state index in [1.807, 2.05) is 13.8 Å². The number of ether oxygens (including phenoxy) is 1. The molecule has 1 unspecified atom stereocenters. The second kappa shape index (κ2) is 15.4. The van der Waals surface area contributed by atoms with E-state index >= 15 is 0 Å². The summed E-state index contributed by atoms with van der Waals surface area (Å²) in [5, 5.41) is 17.0. The van der Waals surface area contributed by atoms with Crippen molar-refractivity contribution in [2.24, 2.45) is 32.5 Å². The molecule has 0 saturated heterocycles. The highest BCUT2D eigenvalue weighted by Crippen LogP contribution is 2.41. The van der Waals surface area contributed by atoms with Gasteiger partial charge in [-0.2, -0.15) is 5.10 Å². The SMILES string of the molecule is CCCCC(CC)Cn1c(=O)c2cc(=NC(C)C)c3c(O)n(-c4ccc(/C=N/NC(=O)CN=C(N)N)cc4)c(=O)c4cc(OCC)c(c-2c43)c1=O. The number of unbranched alkanes of at least 4 members (excludes halogenated alkanes) is 1. The van der Waals surface area contributed by atoms with Crippen molar-refractivity contribution in [3.05, 3.63) is 78.4 Å². The van der Waals surface area contributed by atoms with Crippen molar-refractivity contribution in [1.29, 1.82) is 0 Å². The van der Waals surface area contributed by atoms with Crippen LogP contribution in [0.2, 0.25) is 0 Å². The Morgan fingerprint density at radius 1 is 1.00 bits per heavy atom. The third-order valence-electron chi connectivity index (χ3n) is 8.79. The Labute approximate surface area is 293 Å². The van der Waals surface area contributed by atoms with Gasteiger partial charge in [0.25, 0.3) is 22.6 Å². The molecular weight excluding hydrogens is 652 g/mol. The van der Waals surface area contributed by atoms with Crippen LogP contribution in [0.1, 0.15) is 65.9 Å². The number of aliphatic imine (C=N–C) groups is 1. The molecule has 0 radical (unpaired) electrons. The molecule has 0 bridgehead atoms. The molecule has 14 nitrogen and oxygen atoms in total. The number of hydrogen-bond acceptors (Lipinski definition) is 9. The van der Waals surface area contributed by atoms with Crippen LogP contribution in [0.5, 0.6) is 11.6 Å². The highest BCUT2D eigenvalue weighted by atomic mass is 16.5. The molecule has 1 aliphatic heterocycles. The van der Waals surface area contributed by atoms with Gasteiger partial charge in [-0.25, -0.2) is 15.0 Å². The molecule has 6 N–H and O–H groups in total. The zero-order valence-electron chi connectivity index (χ0n) is 29.5. The number of nitrogens with zero attached hydrogens (tertiary/aromatic N) is 5. The predicted molar refractivity (Wildman–Crippen MR) is 200 cm³/mol. The van der Waals surface area contributed by atoms with Gasteiger partial charge in [-0.15, -0.1) is 0 Å². The minimum atomic E-state index is -0.582. The van der Waals surface area contributed by atoms with Gasteiger partial charge in [0.1, 0.15) is 12.3 Å². The Hall–Kier alpha value is -5.79. The average Bonchev–Trinajstić information content (AvgIpc) is 3.09. The summed E-state index contributed by atoms with van der Waals surface area (Å²) in [5.74, 6) is -0.813. The second-order valence-corrected chi connectivity index (χ2v) is 12.7. The first-order valence-electron chi connectivity index (χ1n) is 17.2. The summed E-state index contributed by atoms with van der Waals surface area (Å²) in [6, 6.07) is 9.44. The zero-order valence-corrected chi connectivity index (χ0v) is 29.5. The maximum atomic E-state index is 14.4. The molecule has 5 rings (SSSR count). The van der Waals surface area contributed by atoms with Gasteiger partial charge < -0.3 is 21.3 Å². The van der Waals surface area contributed by atoms with Gasteiger partial charge in [0.15, 0.2) is 5.96 Å². The van der Waals surface area contributed by atoms with Crippen LogP contribution in [0.15, 0.2) is 65.9 Å². The molecule has 51 heavy (non-hydrogen) atoms. The van der Waals surface area contributed by atoms with E-state index in [0.717, 1.165) is 30.3 Å². The second-order valence-electron chi connectivity index (χ2n) is 12.7. The van der Waals surface area contributed by atoms with Gasteiger partial charge in [-0.05, 0) is 62.9 Å². The van der Waals surface area contributed by atoms with Crippen LogP contribution < -0.4 is 43.7 Å². The number of benzene rings is 3. The number of pyridine rings is 2. The fraction of sp³-hybridized carbons (Fsp3) is 0.378. The number of amides is 1. The molecule has 1 amide bonds. The molecule has 1 atom stereocenters. The number of nitrogens with two attached hydrogens (primary N) is 2. The number of nitrogens with one attached hydrogen (secondary N) is 1. The van der Waals surface area contributed by atoms with Crippen molar-refractivity contribution in [2.75, 3.05) is 13.2 Å². The van der Waals surface area contributed by atoms with Crippen molar-refractivity contribution in [1.82, 2.24) is 14.6 Å². The number of guanidine groups is 1. The first kappa shape index (κ1) is 36.5. The molecule has 0 spiro atoms. The normalized spacial score (nSPS) is 12.9. The molecule has 268 valence electrons. The number of hydrazone groups is 1. The van der Waals surface area contributed by atoms with E-state index in [1.165, 1.54) is 16.8 Å². The first-order valence-corrected chi connectivity index (χ1v) is 17.2. The van der Waals surface area contributed by atoms with E-state index in [-0.39, 0.29) is 76.0 Å². The summed E-state index contributed by atoms with van der Waals surface area (Å²) in [6.45, 7) is 9.88. The Kier molecular flexibility index (Phi) is 11.0. The van der Waals surface area contributed by atoms with Gasteiger partial charge in [0, 0.05) is 23.5 Å². The lowest BCUT2D eigenvalue weighted by Crippen LogP contribution is -2.38. The lowest BCUT2D eigenvalue weighted by molar-refractivity contribution is -0.119. The number of carbonyl (C=O) groups is 1. The highest BCUT2D eigenvalue weighted by molar-refractivity contribution is 6.17. The van der Waals surface area contributed by atoms with Gasteiger partial charge in [0.2, 0.25) is 5.88 Å². The average molecular weight is 697 g/mol. The van der Waals surface area contributed by atoms with Gasteiger partial charge in [-0.3, -0.25) is 28.7 Å². The van der Waals surface area contributed by atoms with Crippen LogP contribution in [0, 0.1) is 5.92 Å². The van der Waals surface area contributed by atoms with Crippen molar-refractivity contribution in [2.45, 2.75) is 72.9 Å². The largest absolute Gasteiger partial charge is 0.494 e. The number of aromatic nitrogens is 2. The number of aromatic hydroxyl groups is 1. The first-order chi connectivity index (χ1) is 24.4. The van der Waals surface area contributed by atoms with E-state index in [2.05, 4.69) is 29.4 Å². The standard InChI is InChI=1S/C37H44N8O6/c1-6-9-10-21(7-2)19-44-33(47)24-15-26(42-20(4)5)31-29-25(16-27(51-8-3)32(30(24)29)35(44)49)34(48)45(36(31)50)23-13-11-22(12-14-23)17-41-43-28(46)18-40-37(38)39/h11-17,20-21,50H,6-10,18-19H2,1-5H3,(H,43,46)(H4,38,39,40)/b41-17+,42-26?. The monoisotopic (exact) mass is 696 g/mol. The molecule has 3 aromatic rings. The van der Waals surface area contributed by atoms with Crippen LogP contribution in [0.4, 0.5) is 0 Å². The molecule has 0 fully saturated rings. The van der Waals surface area contributed by atoms with Crippen LogP contribution >= 0.6 is 0 Å². The van der Waals surface area contributed by atoms with E-state index in [4.69, 9.17) is 21.2 Å². The lowest BCUT2D eigenvalue weighted by Gasteiger charge is -2.23. The van der Waals surface area contributed by atoms with E-state index < -0.39 is 28.5 Å². The van der Waals surface area contributed by atoms with Gasteiger partial charge in [0.05, 0.1) is 45.6 Å². The summed E-state index contributed by atoms with van der Waals surface area (Å²) in [5.41, 5.74) is 12.7. The van der Waals surface area contributed by atoms with Crippen molar-refractivity contribution in [3.8, 4) is 28.4 Å². The predicted octanol–water partition coefficient (Wildman–Crippen LogP) is 3.00. The minimum absolute atomic E-state index is 0.127. The third kappa shape index (κ3) is 7.25. The van der Waals surface area contributed by atoms with E-state index in [1.54, 1.807) is 37.3 Å². The summed E-state index contributed by atoms with van der Waals surface area (Å²) in [6.07, 6.45) is 5.08. The molecule has 1 aromatic heterocycles. The van der Waals surface area contributed by atoms with E-state index in [0.29, 0.717) is 16.6 Å². The van der Waals surface area contributed by atoms with E-state index in [9.17, 15) is 24.3 Å². The van der Waals surface area contributed by atoms with Gasteiger partial charge in [-0.1, -0.05) is 45.2 Å². The summed E-state index contributed by atoms with van der Waals surface area (Å²) >= 11 is 0. The molecular formula is C37H44N8O6.